The highest BCUT2D eigenvalue weighted by Gasteiger charge is 2.34. The van der Waals surface area contributed by atoms with Crippen LogP contribution < -0.4 is 5.32 Å². The summed E-state index contributed by atoms with van der Waals surface area (Å²) in [7, 11) is 0. The van der Waals surface area contributed by atoms with Gasteiger partial charge in [0.2, 0.25) is 5.91 Å². The molecule has 1 aromatic rings. The molecule has 0 saturated carbocycles. The van der Waals surface area contributed by atoms with Crippen molar-refractivity contribution in [2.75, 3.05) is 31.6 Å². The number of rotatable bonds is 4. The predicted octanol–water partition coefficient (Wildman–Crippen LogP) is 2.07. The second-order valence-corrected chi connectivity index (χ2v) is 6.87. The predicted molar refractivity (Wildman–Crippen MR) is 99.5 cm³/mol. The van der Waals surface area contributed by atoms with Crippen molar-refractivity contribution in [3.05, 3.63) is 41.5 Å². The molecule has 2 aliphatic rings. The minimum Gasteiger partial charge on any atom is -0.481 e. The fourth-order valence-corrected chi connectivity index (χ4v) is 3.54. The van der Waals surface area contributed by atoms with Crippen molar-refractivity contribution in [1.82, 2.24) is 4.90 Å². The van der Waals surface area contributed by atoms with Gasteiger partial charge in [-0.1, -0.05) is 18.2 Å². The van der Waals surface area contributed by atoms with Crippen molar-refractivity contribution in [1.29, 1.82) is 0 Å². The van der Waals surface area contributed by atoms with Gasteiger partial charge in [0.15, 0.2) is 0 Å². The van der Waals surface area contributed by atoms with E-state index in [1.807, 2.05) is 6.08 Å². The Morgan fingerprint density at radius 3 is 2.44 bits per heavy atom. The molecule has 0 bridgehead atoms. The number of amides is 2. The van der Waals surface area contributed by atoms with Crippen molar-refractivity contribution >= 4 is 23.5 Å². The fourth-order valence-electron chi connectivity index (χ4n) is 3.54. The van der Waals surface area contributed by atoms with Gasteiger partial charge >= 0.3 is 5.97 Å². The number of carboxylic acid groups (broad SMARTS) is 1. The minimum atomic E-state index is -0.965. The first-order chi connectivity index (χ1) is 13.0. The smallest absolute Gasteiger partial charge is 0.307 e. The van der Waals surface area contributed by atoms with E-state index in [-0.39, 0.29) is 11.8 Å². The third-order valence-corrected chi connectivity index (χ3v) is 5.21. The summed E-state index contributed by atoms with van der Waals surface area (Å²) in [6.07, 6.45) is 4.39. The molecule has 1 aliphatic carbocycles. The fraction of sp³-hybridized carbons (Fsp3) is 0.450. The molecular formula is C20H24N2O5. The van der Waals surface area contributed by atoms with Crippen molar-refractivity contribution in [3.8, 4) is 0 Å². The van der Waals surface area contributed by atoms with Crippen LogP contribution in [0.25, 0.3) is 0 Å². The Bertz CT molecular complexity index is 768. The quantitative estimate of drug-likeness (QED) is 0.789. The molecule has 144 valence electrons. The molecule has 2 N–H and O–H groups in total. The molecule has 0 spiro atoms. The number of nitrogens with zero attached hydrogens (tertiary/aromatic N) is 1. The summed E-state index contributed by atoms with van der Waals surface area (Å²) in [6.45, 7) is 3.92. The Morgan fingerprint density at radius 1 is 1.11 bits per heavy atom. The maximum absolute atomic E-state index is 12.8. The van der Waals surface area contributed by atoms with E-state index in [1.165, 1.54) is 0 Å². The van der Waals surface area contributed by atoms with Crippen LogP contribution in [0, 0.1) is 18.8 Å². The van der Waals surface area contributed by atoms with E-state index in [2.05, 4.69) is 5.32 Å². The molecule has 7 nitrogen and oxygen atoms in total. The molecule has 0 aromatic heterocycles. The van der Waals surface area contributed by atoms with E-state index in [0.29, 0.717) is 56.0 Å². The lowest BCUT2D eigenvalue weighted by Crippen LogP contribution is -2.41. The molecule has 0 unspecified atom stereocenters. The molecule has 1 heterocycles. The highest BCUT2D eigenvalue weighted by molar-refractivity contribution is 6.00. The second-order valence-electron chi connectivity index (χ2n) is 6.87. The van der Waals surface area contributed by atoms with Gasteiger partial charge in [-0.25, -0.2) is 0 Å². The van der Waals surface area contributed by atoms with Gasteiger partial charge in [0.25, 0.3) is 5.91 Å². The standard InChI is InChI=1S/C20H24N2O5/c1-13-14(19(24)22-9-11-27-12-10-22)7-4-8-17(13)21-18(23)15-5-2-3-6-16(15)20(25)26/h2-4,7-8,15-16H,5-6,9-12H2,1H3,(H,21,23)(H,25,26)/t15-,16+/m1/s1. The maximum Gasteiger partial charge on any atom is 0.307 e. The zero-order chi connectivity index (χ0) is 19.4. The van der Waals surface area contributed by atoms with Crippen molar-refractivity contribution in [2.24, 2.45) is 11.8 Å². The van der Waals surface area contributed by atoms with Crippen LogP contribution in [0.4, 0.5) is 5.69 Å². The average Bonchev–Trinajstić information content (AvgIpc) is 2.69. The number of anilines is 1. The van der Waals surface area contributed by atoms with E-state index in [9.17, 15) is 19.5 Å². The molecule has 1 aliphatic heterocycles. The number of hydrogen-bond acceptors (Lipinski definition) is 4. The molecule has 0 radical (unpaired) electrons. The number of nitrogens with one attached hydrogen (secondary N) is 1. The molecule has 1 saturated heterocycles. The van der Waals surface area contributed by atoms with Crippen LogP contribution in [0.5, 0.6) is 0 Å². The van der Waals surface area contributed by atoms with E-state index >= 15 is 0 Å². The lowest BCUT2D eigenvalue weighted by molar-refractivity contribution is -0.146. The van der Waals surface area contributed by atoms with Gasteiger partial charge in [0, 0.05) is 24.3 Å². The molecule has 3 rings (SSSR count). The van der Waals surface area contributed by atoms with Crippen LogP contribution in [0.2, 0.25) is 0 Å². The largest absolute Gasteiger partial charge is 0.481 e. The molecule has 7 heteroatoms. The maximum atomic E-state index is 12.8. The number of benzene rings is 1. The number of morpholine rings is 1. The molecule has 2 atom stereocenters. The first kappa shape index (κ1) is 19.1. The van der Waals surface area contributed by atoms with Gasteiger partial charge in [0.05, 0.1) is 25.0 Å². The summed E-state index contributed by atoms with van der Waals surface area (Å²) in [6, 6.07) is 5.20. The third kappa shape index (κ3) is 4.19. The van der Waals surface area contributed by atoms with Crippen LogP contribution in [0.15, 0.2) is 30.4 Å². The van der Waals surface area contributed by atoms with Gasteiger partial charge < -0.3 is 20.1 Å². The van der Waals surface area contributed by atoms with Gasteiger partial charge in [0.1, 0.15) is 0 Å². The van der Waals surface area contributed by atoms with Crippen LogP contribution in [0.3, 0.4) is 0 Å². The van der Waals surface area contributed by atoms with Gasteiger partial charge in [-0.05, 0) is 37.5 Å². The van der Waals surface area contributed by atoms with Gasteiger partial charge in [-0.2, -0.15) is 0 Å². The number of carbonyl (C=O) groups is 3. The summed E-state index contributed by atoms with van der Waals surface area (Å²) in [5, 5.41) is 12.2. The Labute approximate surface area is 158 Å². The molecule has 2 amide bonds. The number of allylic oxidation sites excluding steroid dienone is 2. The summed E-state index contributed by atoms with van der Waals surface area (Å²) < 4.78 is 5.28. The number of carboxylic acids is 1. The zero-order valence-electron chi connectivity index (χ0n) is 15.3. The Hall–Kier alpha value is -2.67. The van der Waals surface area contributed by atoms with Gasteiger partial charge in [-0.3, -0.25) is 14.4 Å². The van der Waals surface area contributed by atoms with Crippen molar-refractivity contribution in [2.45, 2.75) is 19.8 Å². The third-order valence-electron chi connectivity index (χ3n) is 5.21. The number of hydrogen-bond donors (Lipinski definition) is 2. The van der Waals surface area contributed by atoms with Crippen LogP contribution >= 0.6 is 0 Å². The molecular weight excluding hydrogens is 348 g/mol. The van der Waals surface area contributed by atoms with Crippen LogP contribution in [0.1, 0.15) is 28.8 Å². The second kappa shape index (κ2) is 8.35. The first-order valence-corrected chi connectivity index (χ1v) is 9.14. The number of aliphatic carboxylic acids is 1. The summed E-state index contributed by atoms with van der Waals surface area (Å²) in [4.78, 5) is 38.6. The average molecular weight is 372 g/mol. The molecule has 1 aromatic carbocycles. The lowest BCUT2D eigenvalue weighted by atomic mass is 9.82. The monoisotopic (exact) mass is 372 g/mol. The minimum absolute atomic E-state index is 0.0871. The normalized spacial score (nSPS) is 22.3. The Kier molecular flexibility index (Phi) is 5.91. The molecule has 1 fully saturated rings. The highest BCUT2D eigenvalue weighted by atomic mass is 16.5. The first-order valence-electron chi connectivity index (χ1n) is 9.14. The lowest BCUT2D eigenvalue weighted by Gasteiger charge is -2.28. The Morgan fingerprint density at radius 2 is 1.78 bits per heavy atom. The van der Waals surface area contributed by atoms with E-state index in [0.717, 1.165) is 0 Å². The molecule has 27 heavy (non-hydrogen) atoms. The van der Waals surface area contributed by atoms with Gasteiger partial charge in [-0.15, -0.1) is 0 Å². The topological polar surface area (TPSA) is 95.9 Å². The van der Waals surface area contributed by atoms with Crippen molar-refractivity contribution < 1.29 is 24.2 Å². The highest BCUT2D eigenvalue weighted by Crippen LogP contribution is 2.28. The zero-order valence-corrected chi connectivity index (χ0v) is 15.3. The van der Waals surface area contributed by atoms with E-state index in [4.69, 9.17) is 4.74 Å². The summed E-state index contributed by atoms with van der Waals surface area (Å²) >= 11 is 0. The number of carbonyl (C=O) groups excluding carboxylic acids is 2. The van der Waals surface area contributed by atoms with Crippen LogP contribution in [-0.4, -0.2) is 54.1 Å². The Balaban J connectivity index is 1.77. The number of ether oxygens (including phenoxy) is 1. The van der Waals surface area contributed by atoms with Crippen molar-refractivity contribution in [3.63, 3.8) is 0 Å². The SMILES string of the molecule is Cc1c(NC(=O)[C@@H]2CC=CC[C@@H]2C(=O)O)cccc1C(=O)N1CCOCC1. The summed E-state index contributed by atoms with van der Waals surface area (Å²) in [5.41, 5.74) is 1.76. The van der Waals surface area contributed by atoms with Crippen LogP contribution in [-0.2, 0) is 14.3 Å². The summed E-state index contributed by atoms with van der Waals surface area (Å²) in [5.74, 6) is -2.73. The van der Waals surface area contributed by atoms with E-state index in [1.54, 1.807) is 36.1 Å². The van der Waals surface area contributed by atoms with E-state index < -0.39 is 17.8 Å².